The van der Waals surface area contributed by atoms with Gasteiger partial charge in [-0.25, -0.2) is 8.78 Å². The van der Waals surface area contributed by atoms with Crippen LogP contribution in [0.3, 0.4) is 0 Å². The summed E-state index contributed by atoms with van der Waals surface area (Å²) < 4.78 is 57.7. The Labute approximate surface area is 141 Å². The second-order valence-electron chi connectivity index (χ2n) is 4.89. The van der Waals surface area contributed by atoms with Gasteiger partial charge in [0, 0.05) is 6.54 Å². The minimum Gasteiger partial charge on any atom is -0.309 e. The fourth-order valence-corrected chi connectivity index (χ4v) is 4.47. The van der Waals surface area contributed by atoms with Crippen LogP contribution >= 0.6 is 11.3 Å². The predicted molar refractivity (Wildman–Crippen MR) is 89.1 cm³/mol. The number of fused-ring (bicyclic) bond motifs is 1. The van der Waals surface area contributed by atoms with Crippen molar-refractivity contribution in [2.24, 2.45) is 4.40 Å². The molecule has 0 radical (unpaired) electrons. The number of benzene rings is 2. The van der Waals surface area contributed by atoms with Gasteiger partial charge >= 0.3 is 0 Å². The molecular formula is C16H12F2N2O2S2. The molecule has 3 aromatic rings. The standard InChI is InChI=1S/C16H12F2N2O2S2/c1-2-10-20-15-13(18)4-3-5-14(15)23-16(20)19-24(21,22)12-8-6-11(17)7-9-12/h2-9H,1,10H2. The molecule has 0 aliphatic heterocycles. The number of para-hydroxylation sites is 1. The van der Waals surface area contributed by atoms with Gasteiger partial charge in [-0.3, -0.25) is 0 Å². The van der Waals surface area contributed by atoms with Crippen molar-refractivity contribution in [2.45, 2.75) is 11.4 Å². The van der Waals surface area contributed by atoms with Crippen LogP contribution in [0, 0.1) is 11.6 Å². The molecule has 0 saturated carbocycles. The molecule has 0 atom stereocenters. The van der Waals surface area contributed by atoms with Gasteiger partial charge in [0.05, 0.1) is 15.1 Å². The van der Waals surface area contributed by atoms with Crippen LogP contribution in [0.15, 0.2) is 64.4 Å². The highest BCUT2D eigenvalue weighted by molar-refractivity contribution is 7.90. The summed E-state index contributed by atoms with van der Waals surface area (Å²) in [5.41, 5.74) is 0.274. The van der Waals surface area contributed by atoms with Crippen molar-refractivity contribution < 1.29 is 17.2 Å². The summed E-state index contributed by atoms with van der Waals surface area (Å²) in [6.07, 6.45) is 1.53. The largest absolute Gasteiger partial charge is 0.309 e. The van der Waals surface area contributed by atoms with Crippen LogP contribution in [0.25, 0.3) is 10.2 Å². The summed E-state index contributed by atoms with van der Waals surface area (Å²) in [6.45, 7) is 3.81. The monoisotopic (exact) mass is 366 g/mol. The van der Waals surface area contributed by atoms with Crippen molar-refractivity contribution in [2.75, 3.05) is 0 Å². The molecule has 0 aliphatic rings. The van der Waals surface area contributed by atoms with Crippen LogP contribution in [-0.4, -0.2) is 13.0 Å². The van der Waals surface area contributed by atoms with Gasteiger partial charge in [0.2, 0.25) is 4.80 Å². The molecule has 8 heteroatoms. The molecule has 0 unspecified atom stereocenters. The number of hydrogen-bond acceptors (Lipinski definition) is 3. The maximum absolute atomic E-state index is 14.1. The Morgan fingerprint density at radius 1 is 1.17 bits per heavy atom. The SMILES string of the molecule is C=CCn1c(=NS(=O)(=O)c2ccc(F)cc2)sc2cccc(F)c21. The molecule has 1 aromatic heterocycles. The van der Waals surface area contributed by atoms with Crippen LogP contribution in [-0.2, 0) is 16.6 Å². The summed E-state index contributed by atoms with van der Waals surface area (Å²) in [5, 5.41) is 0. The van der Waals surface area contributed by atoms with Gasteiger partial charge in [0.1, 0.15) is 11.6 Å². The van der Waals surface area contributed by atoms with Crippen molar-refractivity contribution in [3.63, 3.8) is 0 Å². The van der Waals surface area contributed by atoms with Crippen molar-refractivity contribution in [1.82, 2.24) is 4.57 Å². The summed E-state index contributed by atoms with van der Waals surface area (Å²) in [4.78, 5) is -0.00805. The lowest BCUT2D eigenvalue weighted by molar-refractivity contribution is 0.594. The topological polar surface area (TPSA) is 51.4 Å². The van der Waals surface area contributed by atoms with E-state index in [1.807, 2.05) is 0 Å². The Bertz CT molecular complexity index is 1080. The van der Waals surface area contributed by atoms with Gasteiger partial charge < -0.3 is 4.57 Å². The number of allylic oxidation sites excluding steroid dienone is 1. The first-order valence-corrected chi connectivity index (χ1v) is 9.13. The lowest BCUT2D eigenvalue weighted by Crippen LogP contribution is -2.17. The molecule has 0 fully saturated rings. The Morgan fingerprint density at radius 2 is 1.88 bits per heavy atom. The quantitative estimate of drug-likeness (QED) is 0.664. The summed E-state index contributed by atoms with van der Waals surface area (Å²) in [7, 11) is -4.04. The number of rotatable bonds is 4. The van der Waals surface area contributed by atoms with Gasteiger partial charge in [-0.15, -0.1) is 11.0 Å². The maximum Gasteiger partial charge on any atom is 0.285 e. The van der Waals surface area contributed by atoms with Gasteiger partial charge in [-0.2, -0.15) is 8.42 Å². The second-order valence-corrected chi connectivity index (χ2v) is 7.50. The van der Waals surface area contributed by atoms with Gasteiger partial charge in [-0.1, -0.05) is 23.5 Å². The molecule has 4 nitrogen and oxygen atoms in total. The van der Waals surface area contributed by atoms with Crippen molar-refractivity contribution in [3.8, 4) is 0 Å². The van der Waals surface area contributed by atoms with Gasteiger partial charge in [0.25, 0.3) is 10.0 Å². The van der Waals surface area contributed by atoms with Crippen LogP contribution < -0.4 is 4.80 Å². The molecule has 0 aliphatic carbocycles. The number of nitrogens with zero attached hydrogens (tertiary/aromatic N) is 2. The Morgan fingerprint density at radius 3 is 2.54 bits per heavy atom. The predicted octanol–water partition coefficient (Wildman–Crippen LogP) is 3.46. The molecule has 1 heterocycles. The molecule has 0 amide bonds. The zero-order valence-corrected chi connectivity index (χ0v) is 13.9. The first kappa shape index (κ1) is 16.5. The van der Waals surface area contributed by atoms with Gasteiger partial charge in [0.15, 0.2) is 0 Å². The summed E-state index contributed by atoms with van der Waals surface area (Å²) >= 11 is 1.06. The number of hydrogen-bond donors (Lipinski definition) is 0. The van der Waals surface area contributed by atoms with E-state index >= 15 is 0 Å². The van der Waals surface area contributed by atoms with Gasteiger partial charge in [-0.05, 0) is 36.4 Å². The summed E-state index contributed by atoms with van der Waals surface area (Å²) in [6, 6.07) is 8.90. The molecule has 0 spiro atoms. The molecular weight excluding hydrogens is 354 g/mol. The zero-order chi connectivity index (χ0) is 17.3. The first-order valence-electron chi connectivity index (χ1n) is 6.88. The molecule has 3 rings (SSSR count). The maximum atomic E-state index is 14.1. The smallest absolute Gasteiger partial charge is 0.285 e. The molecule has 24 heavy (non-hydrogen) atoms. The van der Waals surface area contributed by atoms with E-state index in [9.17, 15) is 17.2 Å². The lowest BCUT2D eigenvalue weighted by atomic mass is 10.3. The number of thiazole rings is 1. The zero-order valence-electron chi connectivity index (χ0n) is 12.3. The molecule has 2 aromatic carbocycles. The average molecular weight is 366 g/mol. The van der Waals surface area contributed by atoms with E-state index in [1.165, 1.54) is 16.7 Å². The Hall–Kier alpha value is -2.32. The molecule has 0 saturated heterocycles. The van der Waals surface area contributed by atoms with Crippen LogP contribution in [0.5, 0.6) is 0 Å². The van der Waals surface area contributed by atoms with Crippen molar-refractivity contribution in [1.29, 1.82) is 0 Å². The van der Waals surface area contributed by atoms with E-state index in [2.05, 4.69) is 11.0 Å². The third-order valence-corrected chi connectivity index (χ3v) is 5.71. The highest BCUT2D eigenvalue weighted by atomic mass is 32.2. The van der Waals surface area contributed by atoms with E-state index < -0.39 is 21.7 Å². The molecule has 124 valence electrons. The van der Waals surface area contributed by atoms with Crippen LogP contribution in [0.2, 0.25) is 0 Å². The number of sulfonamides is 1. The second kappa shape index (κ2) is 6.29. The Kier molecular flexibility index (Phi) is 4.33. The first-order chi connectivity index (χ1) is 11.4. The van der Waals surface area contributed by atoms with Crippen LogP contribution in [0.4, 0.5) is 8.78 Å². The van der Waals surface area contributed by atoms with Crippen LogP contribution in [0.1, 0.15) is 0 Å². The highest BCUT2D eigenvalue weighted by Gasteiger charge is 2.16. The normalized spacial score (nSPS) is 12.7. The van der Waals surface area contributed by atoms with E-state index in [0.717, 1.165) is 35.6 Å². The fraction of sp³-hybridized carbons (Fsp3) is 0.0625. The van der Waals surface area contributed by atoms with E-state index in [-0.39, 0.29) is 21.8 Å². The van der Waals surface area contributed by atoms with E-state index in [4.69, 9.17) is 0 Å². The minimum absolute atomic E-state index is 0.124. The molecule has 0 bridgehead atoms. The van der Waals surface area contributed by atoms with E-state index in [1.54, 1.807) is 12.1 Å². The van der Waals surface area contributed by atoms with E-state index in [0.29, 0.717) is 4.70 Å². The third kappa shape index (κ3) is 3.02. The lowest BCUT2D eigenvalue weighted by Gasteiger charge is -2.02. The highest BCUT2D eigenvalue weighted by Crippen LogP contribution is 2.21. The minimum atomic E-state index is -4.04. The summed E-state index contributed by atoms with van der Waals surface area (Å²) in [5.74, 6) is -1.01. The average Bonchev–Trinajstić information content (AvgIpc) is 2.86. The molecule has 0 N–H and O–H groups in total. The number of halogens is 2. The number of aromatic nitrogens is 1. The fourth-order valence-electron chi connectivity index (χ4n) is 2.22. The van der Waals surface area contributed by atoms with Crippen molar-refractivity contribution in [3.05, 3.63) is 71.6 Å². The Balaban J connectivity index is 2.26. The van der Waals surface area contributed by atoms with Crippen molar-refractivity contribution >= 4 is 31.6 Å². The third-order valence-electron chi connectivity index (χ3n) is 3.27.